The Balaban J connectivity index is 1.85. The van der Waals surface area contributed by atoms with Gasteiger partial charge in [-0.2, -0.15) is 0 Å². The number of carbonyl (C=O) groups is 1. The first-order valence-corrected chi connectivity index (χ1v) is 10.3. The molecule has 1 aliphatic carbocycles. The van der Waals surface area contributed by atoms with E-state index >= 15 is 0 Å². The smallest absolute Gasteiger partial charge is 0.167 e. The number of pyridine rings is 1. The maximum atomic E-state index is 13.4. The summed E-state index contributed by atoms with van der Waals surface area (Å²) in [5, 5.41) is 3.62. The Hall–Kier alpha value is -2.62. The maximum Gasteiger partial charge on any atom is 0.167 e. The van der Waals surface area contributed by atoms with Gasteiger partial charge in [-0.15, -0.1) is 0 Å². The monoisotopic (exact) mass is 373 g/mol. The summed E-state index contributed by atoms with van der Waals surface area (Å²) < 4.78 is 2.16. The first-order chi connectivity index (χ1) is 13.4. The van der Waals surface area contributed by atoms with Crippen molar-refractivity contribution in [2.24, 2.45) is 0 Å². The molecule has 144 valence electrons. The van der Waals surface area contributed by atoms with Crippen molar-refractivity contribution in [1.29, 1.82) is 0 Å². The van der Waals surface area contributed by atoms with Crippen LogP contribution in [0.15, 0.2) is 36.7 Å². The summed E-state index contributed by atoms with van der Waals surface area (Å²) in [6, 6.07) is 8.56. The Kier molecular flexibility index (Phi) is 3.55. The normalized spacial score (nSPS) is 22.8. The number of aromatic nitrogens is 2. The van der Waals surface area contributed by atoms with E-state index in [1.54, 1.807) is 0 Å². The van der Waals surface area contributed by atoms with Crippen LogP contribution in [0.2, 0.25) is 0 Å². The SMILES string of the molecule is CCC1(C)C(=O)C(C)(C)Nc2c1cc(-c1cccc3nccn13)c1c2CCC1. The topological polar surface area (TPSA) is 46.4 Å². The third-order valence-electron chi connectivity index (χ3n) is 6.91. The van der Waals surface area contributed by atoms with E-state index in [1.165, 1.54) is 22.4 Å². The molecule has 1 atom stereocenters. The molecule has 1 N–H and O–H groups in total. The molecule has 3 aromatic rings. The molecule has 0 amide bonds. The van der Waals surface area contributed by atoms with Crippen molar-refractivity contribution in [2.75, 3.05) is 5.32 Å². The van der Waals surface area contributed by atoms with Gasteiger partial charge in [-0.1, -0.05) is 13.0 Å². The standard InChI is InChI=1S/C24H27N3O/c1-5-24(4)18-14-17(19-10-7-11-20-25-12-13-27(19)20)15-8-6-9-16(15)21(18)26-23(2,3)22(24)28/h7,10-14,26H,5-6,8-9H2,1-4H3. The van der Waals surface area contributed by atoms with Crippen molar-refractivity contribution in [3.05, 3.63) is 53.3 Å². The minimum atomic E-state index is -0.542. The summed E-state index contributed by atoms with van der Waals surface area (Å²) in [6.45, 7) is 8.30. The minimum absolute atomic E-state index is 0.278. The lowest BCUT2D eigenvalue weighted by Gasteiger charge is -2.44. The Morgan fingerprint density at radius 2 is 1.96 bits per heavy atom. The molecule has 3 heterocycles. The van der Waals surface area contributed by atoms with Crippen LogP contribution < -0.4 is 5.32 Å². The molecule has 1 unspecified atom stereocenters. The fourth-order valence-electron chi connectivity index (χ4n) is 5.29. The van der Waals surface area contributed by atoms with Gasteiger partial charge in [-0.3, -0.25) is 9.20 Å². The predicted molar refractivity (Wildman–Crippen MR) is 113 cm³/mol. The number of nitrogens with zero attached hydrogens (tertiary/aromatic N) is 2. The number of imidazole rings is 1. The fraction of sp³-hybridized carbons (Fsp3) is 0.417. The Morgan fingerprint density at radius 1 is 1.18 bits per heavy atom. The van der Waals surface area contributed by atoms with Gasteiger partial charge in [0.05, 0.1) is 16.6 Å². The molecule has 0 saturated carbocycles. The summed E-state index contributed by atoms with van der Waals surface area (Å²) in [5.41, 5.74) is 7.56. The first kappa shape index (κ1) is 17.5. The van der Waals surface area contributed by atoms with Crippen molar-refractivity contribution in [1.82, 2.24) is 9.38 Å². The van der Waals surface area contributed by atoms with Crippen LogP contribution in [0.3, 0.4) is 0 Å². The Morgan fingerprint density at radius 3 is 2.75 bits per heavy atom. The first-order valence-electron chi connectivity index (χ1n) is 10.3. The van der Waals surface area contributed by atoms with Crippen LogP contribution in [0.4, 0.5) is 5.69 Å². The van der Waals surface area contributed by atoms with Crippen LogP contribution in [0, 0.1) is 0 Å². The van der Waals surface area contributed by atoms with E-state index in [2.05, 4.69) is 46.7 Å². The second kappa shape index (κ2) is 5.69. The van der Waals surface area contributed by atoms with Gasteiger partial charge < -0.3 is 5.32 Å². The van der Waals surface area contributed by atoms with Crippen molar-refractivity contribution in [3.8, 4) is 11.3 Å². The molecular weight excluding hydrogens is 346 g/mol. The van der Waals surface area contributed by atoms with E-state index in [4.69, 9.17) is 0 Å². The average molecular weight is 374 g/mol. The molecule has 0 spiro atoms. The van der Waals surface area contributed by atoms with Gasteiger partial charge in [0.1, 0.15) is 5.65 Å². The molecule has 0 bridgehead atoms. The zero-order valence-corrected chi connectivity index (χ0v) is 17.1. The van der Waals surface area contributed by atoms with E-state index < -0.39 is 11.0 Å². The van der Waals surface area contributed by atoms with Crippen LogP contribution in [-0.2, 0) is 23.1 Å². The van der Waals surface area contributed by atoms with Gasteiger partial charge in [-0.25, -0.2) is 4.98 Å². The lowest BCUT2D eigenvalue weighted by Crippen LogP contribution is -2.54. The van der Waals surface area contributed by atoms with E-state index in [9.17, 15) is 4.79 Å². The lowest BCUT2D eigenvalue weighted by molar-refractivity contribution is -0.128. The Bertz CT molecular complexity index is 1120. The number of fused-ring (bicyclic) bond motifs is 4. The molecule has 2 aromatic heterocycles. The number of hydrogen-bond donors (Lipinski definition) is 1. The number of nitrogens with one attached hydrogen (secondary N) is 1. The number of rotatable bonds is 2. The van der Waals surface area contributed by atoms with Gasteiger partial charge in [0.15, 0.2) is 5.78 Å². The van der Waals surface area contributed by atoms with Crippen molar-refractivity contribution >= 4 is 17.1 Å². The van der Waals surface area contributed by atoms with Gasteiger partial charge in [0.2, 0.25) is 0 Å². The highest BCUT2D eigenvalue weighted by molar-refractivity contribution is 6.04. The average Bonchev–Trinajstić information content (AvgIpc) is 3.35. The van der Waals surface area contributed by atoms with Gasteiger partial charge in [0, 0.05) is 23.6 Å². The largest absolute Gasteiger partial charge is 0.373 e. The fourth-order valence-corrected chi connectivity index (χ4v) is 5.29. The van der Waals surface area contributed by atoms with Gasteiger partial charge in [0.25, 0.3) is 0 Å². The lowest BCUT2D eigenvalue weighted by atomic mass is 9.66. The molecule has 0 radical (unpaired) electrons. The Labute approximate surface area is 166 Å². The van der Waals surface area contributed by atoms with Crippen LogP contribution in [0.1, 0.15) is 57.2 Å². The molecule has 4 nitrogen and oxygen atoms in total. The van der Waals surface area contributed by atoms with E-state index in [-0.39, 0.29) is 5.78 Å². The van der Waals surface area contributed by atoms with E-state index in [0.29, 0.717) is 0 Å². The molecule has 0 fully saturated rings. The molecule has 2 aliphatic rings. The summed E-state index contributed by atoms with van der Waals surface area (Å²) in [5.74, 6) is 0.278. The van der Waals surface area contributed by atoms with E-state index in [1.807, 2.05) is 32.3 Å². The molecular formula is C24H27N3O. The molecule has 1 aliphatic heterocycles. The van der Waals surface area contributed by atoms with E-state index in [0.717, 1.165) is 42.6 Å². The number of anilines is 1. The second-order valence-corrected chi connectivity index (χ2v) is 8.99. The van der Waals surface area contributed by atoms with Crippen molar-refractivity contribution in [3.63, 3.8) is 0 Å². The van der Waals surface area contributed by atoms with Crippen LogP contribution in [0.25, 0.3) is 16.9 Å². The third-order valence-corrected chi connectivity index (χ3v) is 6.91. The van der Waals surface area contributed by atoms with Crippen LogP contribution >= 0.6 is 0 Å². The number of hydrogen-bond acceptors (Lipinski definition) is 3. The quantitative estimate of drug-likeness (QED) is 0.693. The number of ketones is 1. The third kappa shape index (κ3) is 2.17. The highest BCUT2D eigenvalue weighted by Gasteiger charge is 2.49. The summed E-state index contributed by atoms with van der Waals surface area (Å²) in [6.07, 6.45) is 8.00. The molecule has 5 rings (SSSR count). The second-order valence-electron chi connectivity index (χ2n) is 8.99. The number of benzene rings is 1. The van der Waals surface area contributed by atoms with Crippen molar-refractivity contribution in [2.45, 2.75) is 64.3 Å². The highest BCUT2D eigenvalue weighted by atomic mass is 16.1. The van der Waals surface area contributed by atoms with Crippen LogP contribution in [-0.4, -0.2) is 20.7 Å². The van der Waals surface area contributed by atoms with Gasteiger partial charge in [-0.05, 0) is 81.3 Å². The molecule has 1 aromatic carbocycles. The molecule has 28 heavy (non-hydrogen) atoms. The zero-order chi connectivity index (χ0) is 19.7. The summed E-state index contributed by atoms with van der Waals surface area (Å²) in [7, 11) is 0. The zero-order valence-electron chi connectivity index (χ0n) is 17.1. The predicted octanol–water partition coefficient (Wildman–Crippen LogP) is 4.93. The highest BCUT2D eigenvalue weighted by Crippen LogP contribution is 2.49. The number of Topliss-reactive ketones (excluding diaryl/α,β-unsaturated/α-hetero) is 1. The van der Waals surface area contributed by atoms with Crippen LogP contribution in [0.5, 0.6) is 0 Å². The summed E-state index contributed by atoms with van der Waals surface area (Å²) >= 11 is 0. The maximum absolute atomic E-state index is 13.4. The van der Waals surface area contributed by atoms with Gasteiger partial charge >= 0.3 is 0 Å². The molecule has 4 heteroatoms. The van der Waals surface area contributed by atoms with Crippen molar-refractivity contribution < 1.29 is 4.79 Å². The molecule has 0 saturated heterocycles. The minimum Gasteiger partial charge on any atom is -0.373 e. The number of carbonyl (C=O) groups excluding carboxylic acids is 1. The summed E-state index contributed by atoms with van der Waals surface area (Å²) in [4.78, 5) is 17.9.